The Kier molecular flexibility index (Phi) is 8.36. The van der Waals surface area contributed by atoms with E-state index >= 15 is 0 Å². The molecule has 0 radical (unpaired) electrons. The number of aliphatic imine (C=N–C) groups is 1. The van der Waals surface area contributed by atoms with Gasteiger partial charge in [0.15, 0.2) is 5.96 Å². The fourth-order valence-electron chi connectivity index (χ4n) is 3.86. The standard InChI is InChI=1S/C23H29N5O.HI/c1-24-23(26-13-11-18-16-27-21-9-5-4-8-20(18)21)28-15-17-10-12-25-22(14-17)29-19-6-2-3-7-19;/h4-5,8-10,12,14,16,19,27H,2-3,6-7,11,13,15H2,1H3,(H2,24,26,28);1H. The molecule has 4 rings (SSSR count). The van der Waals surface area contributed by atoms with Gasteiger partial charge >= 0.3 is 0 Å². The molecule has 3 aromatic rings. The number of aromatic nitrogens is 2. The molecule has 1 aromatic carbocycles. The number of halogens is 1. The molecule has 2 heterocycles. The van der Waals surface area contributed by atoms with E-state index in [2.05, 4.69) is 56.1 Å². The van der Waals surface area contributed by atoms with E-state index in [1.54, 1.807) is 7.05 Å². The van der Waals surface area contributed by atoms with Crippen LogP contribution in [0.25, 0.3) is 10.9 Å². The van der Waals surface area contributed by atoms with Gasteiger partial charge in [0, 0.05) is 49.5 Å². The third-order valence-corrected chi connectivity index (χ3v) is 5.43. The normalized spacial score (nSPS) is 14.5. The fourth-order valence-corrected chi connectivity index (χ4v) is 3.86. The number of hydrogen-bond donors (Lipinski definition) is 3. The Morgan fingerprint density at radius 3 is 2.87 bits per heavy atom. The maximum atomic E-state index is 6.00. The van der Waals surface area contributed by atoms with E-state index < -0.39 is 0 Å². The number of H-pyrrole nitrogens is 1. The largest absolute Gasteiger partial charge is 0.474 e. The Labute approximate surface area is 194 Å². The molecule has 1 fully saturated rings. The van der Waals surface area contributed by atoms with Crippen LogP contribution < -0.4 is 15.4 Å². The molecule has 0 bridgehead atoms. The SMILES string of the molecule is CN=C(NCCc1c[nH]c2ccccc12)NCc1ccnc(OC2CCCC2)c1.I. The number of hydrogen-bond acceptors (Lipinski definition) is 3. The average Bonchev–Trinajstić information content (AvgIpc) is 3.41. The minimum absolute atomic E-state index is 0. The molecule has 3 N–H and O–H groups in total. The number of nitrogens with one attached hydrogen (secondary N) is 3. The first kappa shape index (κ1) is 22.4. The van der Waals surface area contributed by atoms with E-state index in [9.17, 15) is 0 Å². The molecule has 1 aliphatic carbocycles. The smallest absolute Gasteiger partial charge is 0.213 e. The lowest BCUT2D eigenvalue weighted by Gasteiger charge is -2.14. The topological polar surface area (TPSA) is 74.3 Å². The van der Waals surface area contributed by atoms with Crippen molar-refractivity contribution < 1.29 is 4.74 Å². The second-order valence-electron chi connectivity index (χ2n) is 7.49. The van der Waals surface area contributed by atoms with Gasteiger partial charge < -0.3 is 20.4 Å². The van der Waals surface area contributed by atoms with Gasteiger partial charge in [-0.15, -0.1) is 24.0 Å². The molecule has 0 atom stereocenters. The number of aromatic amines is 1. The molecule has 0 amide bonds. The molecule has 7 heteroatoms. The lowest BCUT2D eigenvalue weighted by atomic mass is 10.1. The van der Waals surface area contributed by atoms with Gasteiger partial charge in [0.05, 0.1) is 0 Å². The Bertz CT molecular complexity index is 965. The minimum Gasteiger partial charge on any atom is -0.474 e. The van der Waals surface area contributed by atoms with Gasteiger partial charge in [-0.1, -0.05) is 18.2 Å². The van der Waals surface area contributed by atoms with Crippen LogP contribution in [-0.4, -0.2) is 35.6 Å². The number of nitrogens with zero attached hydrogens (tertiary/aromatic N) is 2. The van der Waals surface area contributed by atoms with Crippen molar-refractivity contribution in [2.24, 2.45) is 4.99 Å². The first-order valence-corrected chi connectivity index (χ1v) is 10.4. The van der Waals surface area contributed by atoms with Crippen molar-refractivity contribution in [1.82, 2.24) is 20.6 Å². The number of guanidine groups is 1. The van der Waals surface area contributed by atoms with Crippen molar-refractivity contribution in [3.05, 3.63) is 59.9 Å². The van der Waals surface area contributed by atoms with Crippen molar-refractivity contribution in [3.8, 4) is 5.88 Å². The first-order valence-electron chi connectivity index (χ1n) is 10.4. The predicted molar refractivity (Wildman–Crippen MR) is 133 cm³/mol. The van der Waals surface area contributed by atoms with Crippen molar-refractivity contribution >= 4 is 40.8 Å². The van der Waals surface area contributed by atoms with E-state index in [4.69, 9.17) is 4.74 Å². The van der Waals surface area contributed by atoms with Crippen molar-refractivity contribution in [1.29, 1.82) is 0 Å². The Balaban J connectivity index is 0.00000256. The highest BCUT2D eigenvalue weighted by Gasteiger charge is 2.17. The van der Waals surface area contributed by atoms with Gasteiger partial charge in [0.1, 0.15) is 6.10 Å². The molecular weight excluding hydrogens is 489 g/mol. The third-order valence-electron chi connectivity index (χ3n) is 5.43. The van der Waals surface area contributed by atoms with Crippen LogP contribution in [0.15, 0.2) is 53.8 Å². The summed E-state index contributed by atoms with van der Waals surface area (Å²) in [5, 5.41) is 8.05. The number of rotatable bonds is 7. The maximum absolute atomic E-state index is 6.00. The highest BCUT2D eigenvalue weighted by atomic mass is 127. The monoisotopic (exact) mass is 519 g/mol. The maximum Gasteiger partial charge on any atom is 0.213 e. The van der Waals surface area contributed by atoms with E-state index in [1.165, 1.54) is 29.3 Å². The zero-order valence-electron chi connectivity index (χ0n) is 17.4. The highest BCUT2D eigenvalue weighted by Crippen LogP contribution is 2.23. The van der Waals surface area contributed by atoms with Crippen molar-refractivity contribution in [3.63, 3.8) is 0 Å². The molecule has 0 unspecified atom stereocenters. The molecule has 160 valence electrons. The van der Waals surface area contributed by atoms with E-state index in [1.807, 2.05) is 18.3 Å². The summed E-state index contributed by atoms with van der Waals surface area (Å²) in [6, 6.07) is 12.4. The number of fused-ring (bicyclic) bond motifs is 1. The van der Waals surface area contributed by atoms with Gasteiger partial charge in [0.2, 0.25) is 5.88 Å². The summed E-state index contributed by atoms with van der Waals surface area (Å²) in [6.07, 6.45) is 9.94. The summed E-state index contributed by atoms with van der Waals surface area (Å²) in [5.41, 5.74) is 3.62. The van der Waals surface area contributed by atoms with Gasteiger partial charge in [-0.3, -0.25) is 4.99 Å². The molecule has 30 heavy (non-hydrogen) atoms. The summed E-state index contributed by atoms with van der Waals surface area (Å²) < 4.78 is 6.00. The second kappa shape index (κ2) is 11.2. The fraction of sp³-hybridized carbons (Fsp3) is 0.391. The summed E-state index contributed by atoms with van der Waals surface area (Å²) in [5.74, 6) is 1.51. The molecule has 6 nitrogen and oxygen atoms in total. The van der Waals surface area contributed by atoms with Crippen LogP contribution >= 0.6 is 24.0 Å². The number of benzene rings is 1. The molecule has 2 aromatic heterocycles. The molecule has 0 aliphatic heterocycles. The zero-order chi connectivity index (χ0) is 19.9. The van der Waals surface area contributed by atoms with Gasteiger partial charge in [-0.25, -0.2) is 4.98 Å². The lowest BCUT2D eigenvalue weighted by molar-refractivity contribution is 0.201. The predicted octanol–water partition coefficient (Wildman–Crippen LogP) is 4.41. The number of ether oxygens (including phenoxy) is 1. The highest BCUT2D eigenvalue weighted by molar-refractivity contribution is 14.0. The summed E-state index contributed by atoms with van der Waals surface area (Å²) in [4.78, 5) is 12.0. The third kappa shape index (κ3) is 5.87. The van der Waals surface area contributed by atoms with Crippen LogP contribution in [0.2, 0.25) is 0 Å². The molecular formula is C23H30IN5O. The first-order chi connectivity index (χ1) is 14.3. The molecule has 1 aliphatic rings. The van der Waals surface area contributed by atoms with E-state index in [0.29, 0.717) is 12.6 Å². The van der Waals surface area contributed by atoms with Crippen LogP contribution in [0.3, 0.4) is 0 Å². The van der Waals surface area contributed by atoms with Crippen LogP contribution in [0.4, 0.5) is 0 Å². The van der Waals surface area contributed by atoms with Crippen LogP contribution in [0.1, 0.15) is 36.8 Å². The summed E-state index contributed by atoms with van der Waals surface area (Å²) >= 11 is 0. The lowest BCUT2D eigenvalue weighted by Crippen LogP contribution is -2.37. The number of para-hydroxylation sites is 1. The average molecular weight is 519 g/mol. The number of pyridine rings is 1. The van der Waals surface area contributed by atoms with Crippen LogP contribution in [0.5, 0.6) is 5.88 Å². The Morgan fingerprint density at radius 1 is 1.20 bits per heavy atom. The minimum atomic E-state index is 0. The zero-order valence-corrected chi connectivity index (χ0v) is 19.7. The van der Waals surface area contributed by atoms with Gasteiger partial charge in [-0.05, 0) is 55.4 Å². The van der Waals surface area contributed by atoms with Crippen LogP contribution in [0, 0.1) is 0 Å². The molecule has 0 saturated heterocycles. The molecule has 1 saturated carbocycles. The van der Waals surface area contributed by atoms with E-state index in [0.717, 1.165) is 43.2 Å². The Hall–Kier alpha value is -2.29. The van der Waals surface area contributed by atoms with E-state index in [-0.39, 0.29) is 24.0 Å². The van der Waals surface area contributed by atoms with Gasteiger partial charge in [-0.2, -0.15) is 0 Å². The molecule has 0 spiro atoms. The van der Waals surface area contributed by atoms with Crippen molar-refractivity contribution in [2.75, 3.05) is 13.6 Å². The summed E-state index contributed by atoms with van der Waals surface area (Å²) in [6.45, 7) is 1.49. The quantitative estimate of drug-likeness (QED) is 0.246. The Morgan fingerprint density at radius 2 is 2.03 bits per heavy atom. The summed E-state index contributed by atoms with van der Waals surface area (Å²) in [7, 11) is 1.79. The second-order valence-corrected chi connectivity index (χ2v) is 7.49. The van der Waals surface area contributed by atoms with Gasteiger partial charge in [0.25, 0.3) is 0 Å². The van der Waals surface area contributed by atoms with Crippen molar-refractivity contribution in [2.45, 2.75) is 44.8 Å². The van der Waals surface area contributed by atoms with Crippen LogP contribution in [-0.2, 0) is 13.0 Å².